The minimum absolute atomic E-state index is 0.00865. The van der Waals surface area contributed by atoms with Gasteiger partial charge in [-0.1, -0.05) is 24.3 Å². The first-order valence-corrected chi connectivity index (χ1v) is 12.4. The third kappa shape index (κ3) is 7.07. The summed E-state index contributed by atoms with van der Waals surface area (Å²) in [5, 5.41) is 14.5. The molecule has 37 heavy (non-hydrogen) atoms. The molecule has 3 aromatic rings. The number of ether oxygens (including phenoxy) is 1. The molecule has 4 rings (SSSR count). The zero-order valence-corrected chi connectivity index (χ0v) is 21.3. The van der Waals surface area contributed by atoms with Crippen molar-refractivity contribution < 1.29 is 28.6 Å². The van der Waals surface area contributed by atoms with E-state index in [0.29, 0.717) is 27.2 Å². The number of carbonyl (C=O) groups excluding carboxylic acids is 2. The Morgan fingerprint density at radius 1 is 1.03 bits per heavy atom. The van der Waals surface area contributed by atoms with Crippen LogP contribution in [-0.2, 0) is 11.2 Å². The van der Waals surface area contributed by atoms with E-state index >= 15 is 0 Å². The third-order valence-corrected chi connectivity index (χ3v) is 6.55. The Bertz CT molecular complexity index is 1270. The molecule has 1 saturated heterocycles. The molecule has 3 N–H and O–H groups in total. The van der Waals surface area contributed by atoms with Crippen LogP contribution in [0.1, 0.15) is 22.3 Å². The van der Waals surface area contributed by atoms with Crippen molar-refractivity contribution in [2.24, 2.45) is 0 Å². The van der Waals surface area contributed by atoms with E-state index in [2.05, 4.69) is 26.6 Å². The number of benzene rings is 3. The predicted molar refractivity (Wildman–Crippen MR) is 141 cm³/mol. The van der Waals surface area contributed by atoms with E-state index < -0.39 is 24.2 Å². The van der Waals surface area contributed by atoms with Crippen LogP contribution in [0.4, 0.5) is 20.6 Å². The van der Waals surface area contributed by atoms with Crippen LogP contribution in [0.3, 0.4) is 0 Å². The smallest absolute Gasteiger partial charge is 0.335 e. The molecular weight excluding hydrogens is 545 g/mol. The summed E-state index contributed by atoms with van der Waals surface area (Å²) in [6.45, 7) is 0.0902. The molecule has 10 heteroatoms. The summed E-state index contributed by atoms with van der Waals surface area (Å²) in [6.07, 6.45) is -0.915. The summed E-state index contributed by atoms with van der Waals surface area (Å²) >= 11 is 3.44. The Morgan fingerprint density at radius 2 is 1.76 bits per heavy atom. The molecule has 1 aliphatic rings. The molecule has 1 fully saturated rings. The first-order chi connectivity index (χ1) is 17.8. The number of carboxylic acids is 1. The average Bonchev–Trinajstić information content (AvgIpc) is 3.26. The molecule has 1 heterocycles. The zero-order valence-electron chi connectivity index (χ0n) is 19.7. The lowest BCUT2D eigenvalue weighted by Crippen LogP contribution is -2.40. The van der Waals surface area contributed by atoms with Crippen molar-refractivity contribution >= 4 is 45.2 Å². The maximum absolute atomic E-state index is 14.2. The lowest BCUT2D eigenvalue weighted by atomic mass is 10.1. The van der Waals surface area contributed by atoms with Crippen LogP contribution >= 0.6 is 15.9 Å². The quantitative estimate of drug-likeness (QED) is 0.339. The summed E-state index contributed by atoms with van der Waals surface area (Å²) < 4.78 is 20.5. The SMILES string of the molecule is O=C(Nc1ccccc1)Nc1ccc(CC(=O)N2C[C@@H](F)C[C@H]2COc2ccc(C(=O)O)cc2)cc1Br. The largest absolute Gasteiger partial charge is 0.491 e. The Labute approximate surface area is 221 Å². The number of aromatic carboxylic acids is 1. The first kappa shape index (κ1) is 26.2. The number of amides is 3. The number of nitrogens with zero attached hydrogens (tertiary/aromatic N) is 1. The van der Waals surface area contributed by atoms with Crippen LogP contribution < -0.4 is 15.4 Å². The van der Waals surface area contributed by atoms with Crippen LogP contribution in [0, 0.1) is 0 Å². The highest BCUT2D eigenvalue weighted by atomic mass is 79.9. The molecule has 0 radical (unpaired) electrons. The number of halogens is 2. The van der Waals surface area contributed by atoms with Gasteiger partial charge >= 0.3 is 12.0 Å². The fourth-order valence-electron chi connectivity index (χ4n) is 4.06. The molecule has 0 spiro atoms. The van der Waals surface area contributed by atoms with E-state index in [1.54, 1.807) is 30.3 Å². The molecular formula is C27H25BrFN3O5. The summed E-state index contributed by atoms with van der Waals surface area (Å²) in [7, 11) is 0. The van der Waals surface area contributed by atoms with Gasteiger partial charge in [0.25, 0.3) is 0 Å². The Kier molecular flexibility index (Phi) is 8.39. The molecule has 8 nitrogen and oxygen atoms in total. The summed E-state index contributed by atoms with van der Waals surface area (Å²) in [4.78, 5) is 37.8. The highest BCUT2D eigenvalue weighted by Gasteiger charge is 2.35. The molecule has 192 valence electrons. The van der Waals surface area contributed by atoms with Gasteiger partial charge in [0, 0.05) is 16.6 Å². The van der Waals surface area contributed by atoms with Gasteiger partial charge in [0.2, 0.25) is 5.91 Å². The second kappa shape index (κ2) is 11.9. The van der Waals surface area contributed by atoms with E-state index in [9.17, 15) is 18.8 Å². The Morgan fingerprint density at radius 3 is 2.43 bits per heavy atom. The van der Waals surface area contributed by atoms with Crippen molar-refractivity contribution in [3.63, 3.8) is 0 Å². The molecule has 1 aliphatic heterocycles. The Balaban J connectivity index is 1.33. The zero-order chi connectivity index (χ0) is 26.4. The average molecular weight is 570 g/mol. The monoisotopic (exact) mass is 569 g/mol. The highest BCUT2D eigenvalue weighted by Crippen LogP contribution is 2.27. The lowest BCUT2D eigenvalue weighted by Gasteiger charge is -2.24. The van der Waals surface area contributed by atoms with Gasteiger partial charge in [0.05, 0.1) is 30.3 Å². The summed E-state index contributed by atoms with van der Waals surface area (Å²) in [5.74, 6) is -0.822. The number of alkyl halides is 1. The normalized spacial score (nSPS) is 16.8. The van der Waals surface area contributed by atoms with E-state index in [1.807, 2.05) is 18.2 Å². The number of nitrogens with one attached hydrogen (secondary N) is 2. The van der Waals surface area contributed by atoms with Gasteiger partial charge in [-0.3, -0.25) is 4.79 Å². The van der Waals surface area contributed by atoms with Gasteiger partial charge in [-0.15, -0.1) is 0 Å². The third-order valence-electron chi connectivity index (χ3n) is 5.90. The minimum Gasteiger partial charge on any atom is -0.491 e. The Hall–Kier alpha value is -3.92. The number of hydrogen-bond donors (Lipinski definition) is 3. The number of urea groups is 1. The highest BCUT2D eigenvalue weighted by molar-refractivity contribution is 9.10. The fraction of sp³-hybridized carbons (Fsp3) is 0.222. The van der Waals surface area contributed by atoms with Gasteiger partial charge < -0.3 is 25.4 Å². The number of carboxylic acid groups (broad SMARTS) is 1. The molecule has 2 atom stereocenters. The van der Waals surface area contributed by atoms with Crippen molar-refractivity contribution in [3.8, 4) is 5.75 Å². The van der Waals surface area contributed by atoms with Crippen molar-refractivity contribution in [3.05, 3.63) is 88.4 Å². The van der Waals surface area contributed by atoms with Crippen LogP contribution in [0.2, 0.25) is 0 Å². The second-order valence-electron chi connectivity index (χ2n) is 8.61. The lowest BCUT2D eigenvalue weighted by molar-refractivity contribution is -0.132. The van der Waals surface area contributed by atoms with Gasteiger partial charge in [0.1, 0.15) is 18.5 Å². The first-order valence-electron chi connectivity index (χ1n) is 11.6. The van der Waals surface area contributed by atoms with Crippen molar-refractivity contribution in [2.45, 2.75) is 25.1 Å². The number of anilines is 2. The molecule has 3 aromatic carbocycles. The number of hydrogen-bond acceptors (Lipinski definition) is 4. The van der Waals surface area contributed by atoms with E-state index in [0.717, 1.165) is 0 Å². The minimum atomic E-state index is -1.15. The van der Waals surface area contributed by atoms with Crippen LogP contribution in [0.15, 0.2) is 77.3 Å². The van der Waals surface area contributed by atoms with Gasteiger partial charge in [0.15, 0.2) is 0 Å². The van der Waals surface area contributed by atoms with Gasteiger partial charge in [-0.05, 0) is 70.0 Å². The number of carbonyl (C=O) groups is 3. The van der Waals surface area contributed by atoms with Crippen molar-refractivity contribution in [1.29, 1.82) is 0 Å². The van der Waals surface area contributed by atoms with Crippen LogP contribution in [-0.4, -0.2) is 53.3 Å². The molecule has 0 aliphatic carbocycles. The maximum atomic E-state index is 14.2. The van der Waals surface area contributed by atoms with Gasteiger partial charge in [-0.2, -0.15) is 0 Å². The molecule has 0 bridgehead atoms. The van der Waals surface area contributed by atoms with E-state index in [1.165, 1.54) is 29.2 Å². The van der Waals surface area contributed by atoms with E-state index in [4.69, 9.17) is 9.84 Å². The number of para-hydroxylation sites is 1. The summed E-state index contributed by atoms with van der Waals surface area (Å²) in [5.41, 5.74) is 2.04. The second-order valence-corrected chi connectivity index (χ2v) is 9.46. The fourth-order valence-corrected chi connectivity index (χ4v) is 4.59. The van der Waals surface area contributed by atoms with Crippen LogP contribution in [0.5, 0.6) is 5.75 Å². The standard InChI is InChI=1S/C27H25BrFN3O5/c28-23-12-17(6-11-24(23)31-27(36)30-20-4-2-1-3-5-20)13-25(33)32-15-19(29)14-21(32)16-37-22-9-7-18(8-10-22)26(34)35/h1-12,19,21H,13-16H2,(H,34,35)(H2,30,31,36)/t19-,21-/m0/s1. The van der Waals surface area contributed by atoms with Crippen LogP contribution in [0.25, 0.3) is 0 Å². The molecule has 0 saturated carbocycles. The van der Waals surface area contributed by atoms with E-state index in [-0.39, 0.29) is 37.5 Å². The van der Waals surface area contributed by atoms with Crippen molar-refractivity contribution in [2.75, 3.05) is 23.8 Å². The van der Waals surface area contributed by atoms with Crippen molar-refractivity contribution in [1.82, 2.24) is 4.90 Å². The number of likely N-dealkylation sites (tertiary alicyclic amines) is 1. The van der Waals surface area contributed by atoms with Gasteiger partial charge in [-0.25, -0.2) is 14.0 Å². The molecule has 0 unspecified atom stereocenters. The predicted octanol–water partition coefficient (Wildman–Crippen LogP) is 5.35. The molecule has 3 amide bonds. The number of rotatable bonds is 8. The topological polar surface area (TPSA) is 108 Å². The molecule has 0 aromatic heterocycles. The maximum Gasteiger partial charge on any atom is 0.335 e. The summed E-state index contributed by atoms with van der Waals surface area (Å²) in [6, 6.07) is 19.3.